The van der Waals surface area contributed by atoms with Gasteiger partial charge in [0.05, 0.1) is 18.2 Å². The third kappa shape index (κ3) is 3.31. The van der Waals surface area contributed by atoms with E-state index in [1.807, 2.05) is 0 Å². The van der Waals surface area contributed by atoms with E-state index in [2.05, 4.69) is 4.98 Å². The Morgan fingerprint density at radius 3 is 2.79 bits per heavy atom. The number of fused-ring (bicyclic) bond motifs is 1. The number of rotatable bonds is 4. The van der Waals surface area contributed by atoms with E-state index in [1.165, 1.54) is 31.4 Å². The van der Waals surface area contributed by atoms with Crippen LogP contribution in [0, 0.1) is 5.82 Å². The highest BCUT2D eigenvalue weighted by molar-refractivity contribution is 6.30. The van der Waals surface area contributed by atoms with Crippen molar-refractivity contribution < 1.29 is 18.7 Å². The molecule has 0 aliphatic carbocycles. The number of benzene rings is 2. The van der Waals surface area contributed by atoms with Crippen LogP contribution >= 0.6 is 11.6 Å². The maximum Gasteiger partial charge on any atom is 0.339 e. The van der Waals surface area contributed by atoms with Crippen LogP contribution in [0.15, 0.2) is 48.5 Å². The van der Waals surface area contributed by atoms with Gasteiger partial charge in [0, 0.05) is 10.9 Å². The molecule has 6 heteroatoms. The number of pyridine rings is 1. The molecule has 1 aromatic heterocycles. The number of hydrogen-bond donors (Lipinski definition) is 0. The molecule has 4 nitrogen and oxygen atoms in total. The molecule has 1 heterocycles. The Labute approximate surface area is 142 Å². The predicted octanol–water partition coefficient (Wildman–Crippen LogP) is 4.39. The van der Waals surface area contributed by atoms with Gasteiger partial charge < -0.3 is 9.47 Å². The first kappa shape index (κ1) is 16.2. The fraction of sp³-hybridized carbons (Fsp3) is 0.111. The summed E-state index contributed by atoms with van der Waals surface area (Å²) in [5.74, 6) is -0.553. The maximum absolute atomic E-state index is 13.4. The number of aromatic nitrogens is 1. The van der Waals surface area contributed by atoms with Crippen LogP contribution in [0.3, 0.4) is 0 Å². The first-order valence-corrected chi connectivity index (χ1v) is 7.51. The highest BCUT2D eigenvalue weighted by atomic mass is 35.5. The van der Waals surface area contributed by atoms with Crippen molar-refractivity contribution >= 4 is 28.5 Å². The number of carbonyl (C=O) groups is 1. The molecule has 2 aromatic carbocycles. The number of para-hydroxylation sites is 1. The van der Waals surface area contributed by atoms with Crippen molar-refractivity contribution in [1.29, 1.82) is 0 Å². The Bertz CT molecular complexity index is 914. The molecule has 0 aliphatic heterocycles. The minimum Gasteiger partial charge on any atom is -0.496 e. The third-order valence-electron chi connectivity index (χ3n) is 3.51. The quantitative estimate of drug-likeness (QED) is 0.519. The van der Waals surface area contributed by atoms with Gasteiger partial charge in [0.25, 0.3) is 0 Å². The smallest absolute Gasteiger partial charge is 0.339 e. The largest absolute Gasteiger partial charge is 0.496 e. The minimum absolute atomic E-state index is 0.117. The second-order valence-electron chi connectivity index (χ2n) is 5.04. The summed E-state index contributed by atoms with van der Waals surface area (Å²) in [6.07, 6.45) is 0. The zero-order chi connectivity index (χ0) is 17.1. The van der Waals surface area contributed by atoms with Crippen LogP contribution in [0.5, 0.6) is 5.75 Å². The number of hydrogen-bond acceptors (Lipinski definition) is 4. The SMILES string of the molecule is COc1ccc(F)cc1COC(=O)c1cc(Cl)nc2ccccc12. The van der Waals surface area contributed by atoms with Crippen LogP contribution in [0.1, 0.15) is 15.9 Å². The Balaban J connectivity index is 1.87. The van der Waals surface area contributed by atoms with Crippen molar-refractivity contribution in [2.24, 2.45) is 0 Å². The topological polar surface area (TPSA) is 48.4 Å². The Hall–Kier alpha value is -2.66. The summed E-state index contributed by atoms with van der Waals surface area (Å²) in [7, 11) is 1.47. The van der Waals surface area contributed by atoms with E-state index >= 15 is 0 Å². The van der Waals surface area contributed by atoms with Crippen LogP contribution in [0.25, 0.3) is 10.9 Å². The molecule has 0 aliphatic rings. The number of ether oxygens (including phenoxy) is 2. The summed E-state index contributed by atoms with van der Waals surface area (Å²) in [6.45, 7) is -0.117. The first-order chi connectivity index (χ1) is 11.6. The lowest BCUT2D eigenvalue weighted by atomic mass is 10.1. The standard InChI is InChI=1S/C18H13ClFNO3/c1-23-16-7-6-12(20)8-11(16)10-24-18(22)14-9-17(19)21-15-5-3-2-4-13(14)15/h2-9H,10H2,1H3. The zero-order valence-corrected chi connectivity index (χ0v) is 13.5. The molecule has 0 amide bonds. The highest BCUT2D eigenvalue weighted by Gasteiger charge is 2.15. The molecule has 0 atom stereocenters. The van der Waals surface area contributed by atoms with E-state index in [0.717, 1.165) is 0 Å². The van der Waals surface area contributed by atoms with Crippen molar-refractivity contribution in [2.75, 3.05) is 7.11 Å². The van der Waals surface area contributed by atoms with E-state index in [0.29, 0.717) is 27.8 Å². The molecule has 0 saturated carbocycles. The van der Waals surface area contributed by atoms with Crippen molar-refractivity contribution in [2.45, 2.75) is 6.61 Å². The lowest BCUT2D eigenvalue weighted by molar-refractivity contribution is 0.0472. The van der Waals surface area contributed by atoms with Crippen molar-refractivity contribution in [3.05, 3.63) is 70.6 Å². The summed E-state index contributed by atoms with van der Waals surface area (Å²) in [4.78, 5) is 16.6. The van der Waals surface area contributed by atoms with Gasteiger partial charge in [-0.05, 0) is 30.3 Å². The van der Waals surface area contributed by atoms with Crippen molar-refractivity contribution in [3.8, 4) is 5.75 Å². The monoisotopic (exact) mass is 345 g/mol. The highest BCUT2D eigenvalue weighted by Crippen LogP contribution is 2.24. The molecule has 3 rings (SSSR count). The normalized spacial score (nSPS) is 10.6. The molecule has 0 saturated heterocycles. The summed E-state index contributed by atoms with van der Waals surface area (Å²) < 4.78 is 23.8. The fourth-order valence-corrected chi connectivity index (χ4v) is 2.59. The molecular formula is C18H13ClFNO3. The molecule has 3 aromatic rings. The van der Waals surface area contributed by atoms with Crippen LogP contribution < -0.4 is 4.74 Å². The van der Waals surface area contributed by atoms with Gasteiger partial charge in [-0.25, -0.2) is 14.2 Å². The average Bonchev–Trinajstić information content (AvgIpc) is 2.59. The maximum atomic E-state index is 13.4. The van der Waals surface area contributed by atoms with Crippen LogP contribution in [0.2, 0.25) is 5.15 Å². The number of esters is 1. The van der Waals surface area contributed by atoms with Crippen LogP contribution in [-0.2, 0) is 11.3 Å². The Morgan fingerprint density at radius 2 is 2.00 bits per heavy atom. The number of carbonyl (C=O) groups excluding carboxylic acids is 1. The number of halogens is 2. The number of methoxy groups -OCH3 is 1. The van der Waals surface area contributed by atoms with Gasteiger partial charge in [-0.15, -0.1) is 0 Å². The van der Waals surface area contributed by atoms with E-state index in [1.54, 1.807) is 24.3 Å². The molecule has 0 fully saturated rings. The lowest BCUT2D eigenvalue weighted by Gasteiger charge is -2.11. The summed E-state index contributed by atoms with van der Waals surface area (Å²) >= 11 is 5.97. The van der Waals surface area contributed by atoms with E-state index in [-0.39, 0.29) is 11.8 Å². The molecule has 24 heavy (non-hydrogen) atoms. The molecule has 0 N–H and O–H groups in total. The molecule has 0 bridgehead atoms. The van der Waals surface area contributed by atoms with Gasteiger partial charge in [0.15, 0.2) is 0 Å². The molecular weight excluding hydrogens is 333 g/mol. The second-order valence-corrected chi connectivity index (χ2v) is 5.43. The zero-order valence-electron chi connectivity index (χ0n) is 12.8. The Kier molecular flexibility index (Phi) is 4.62. The molecule has 0 unspecified atom stereocenters. The molecule has 122 valence electrons. The van der Waals surface area contributed by atoms with E-state index in [9.17, 15) is 9.18 Å². The van der Waals surface area contributed by atoms with Gasteiger partial charge in [-0.1, -0.05) is 29.8 Å². The van der Waals surface area contributed by atoms with Crippen molar-refractivity contribution in [3.63, 3.8) is 0 Å². The predicted molar refractivity (Wildman–Crippen MR) is 88.8 cm³/mol. The third-order valence-corrected chi connectivity index (χ3v) is 3.70. The molecule has 0 spiro atoms. The summed E-state index contributed by atoms with van der Waals surface area (Å²) in [5, 5.41) is 0.835. The second kappa shape index (κ2) is 6.84. The first-order valence-electron chi connectivity index (χ1n) is 7.13. The van der Waals surface area contributed by atoms with E-state index in [4.69, 9.17) is 21.1 Å². The average molecular weight is 346 g/mol. The van der Waals surface area contributed by atoms with Crippen LogP contribution in [-0.4, -0.2) is 18.1 Å². The number of nitrogens with zero attached hydrogens (tertiary/aromatic N) is 1. The summed E-state index contributed by atoms with van der Waals surface area (Å²) in [5.41, 5.74) is 1.34. The van der Waals surface area contributed by atoms with Gasteiger partial charge >= 0.3 is 5.97 Å². The van der Waals surface area contributed by atoms with E-state index < -0.39 is 11.8 Å². The fourth-order valence-electron chi connectivity index (χ4n) is 2.39. The van der Waals surface area contributed by atoms with Crippen molar-refractivity contribution in [1.82, 2.24) is 4.98 Å². The lowest BCUT2D eigenvalue weighted by Crippen LogP contribution is -2.07. The molecule has 0 radical (unpaired) electrons. The van der Waals surface area contributed by atoms with Gasteiger partial charge in [0.1, 0.15) is 23.3 Å². The summed E-state index contributed by atoms with van der Waals surface area (Å²) in [6, 6.07) is 12.6. The van der Waals surface area contributed by atoms with Gasteiger partial charge in [-0.2, -0.15) is 0 Å². The minimum atomic E-state index is -0.568. The Morgan fingerprint density at radius 1 is 1.21 bits per heavy atom. The van der Waals surface area contributed by atoms with Gasteiger partial charge in [0.2, 0.25) is 0 Å². The van der Waals surface area contributed by atoms with Crippen LogP contribution in [0.4, 0.5) is 4.39 Å². The van der Waals surface area contributed by atoms with Gasteiger partial charge in [-0.3, -0.25) is 0 Å².